The normalized spacial score (nSPS) is 25.8. The lowest BCUT2D eigenvalue weighted by atomic mass is 10.3. The predicted octanol–water partition coefficient (Wildman–Crippen LogP) is 1.27. The third-order valence-corrected chi connectivity index (χ3v) is 3.87. The molecule has 1 fully saturated rings. The van der Waals surface area contributed by atoms with Crippen LogP contribution in [0.1, 0.15) is 19.5 Å². The molecule has 5 heteroatoms. The SMILES string of the molecule is CC1CN(c2cnc(CN)cn2)CC(C)S1. The molecule has 0 aromatic carbocycles. The van der Waals surface area contributed by atoms with E-state index in [4.69, 9.17) is 5.73 Å². The molecule has 1 aromatic heterocycles. The molecule has 2 unspecified atom stereocenters. The van der Waals surface area contributed by atoms with E-state index in [9.17, 15) is 0 Å². The third kappa shape index (κ3) is 2.65. The molecule has 1 aromatic rings. The summed E-state index contributed by atoms with van der Waals surface area (Å²) in [5.74, 6) is 0.969. The highest BCUT2D eigenvalue weighted by molar-refractivity contribution is 8.00. The van der Waals surface area contributed by atoms with Crippen LogP contribution in [0.25, 0.3) is 0 Å². The van der Waals surface area contributed by atoms with E-state index in [1.807, 2.05) is 18.0 Å². The maximum absolute atomic E-state index is 5.50. The van der Waals surface area contributed by atoms with E-state index < -0.39 is 0 Å². The van der Waals surface area contributed by atoms with Gasteiger partial charge < -0.3 is 10.6 Å². The van der Waals surface area contributed by atoms with Gasteiger partial charge in [-0.25, -0.2) is 4.98 Å². The Kier molecular flexibility index (Phi) is 3.66. The van der Waals surface area contributed by atoms with Crippen molar-refractivity contribution in [1.82, 2.24) is 9.97 Å². The van der Waals surface area contributed by atoms with Crippen LogP contribution in [-0.4, -0.2) is 33.6 Å². The number of nitrogens with two attached hydrogens (primary N) is 1. The van der Waals surface area contributed by atoms with Crippen LogP contribution in [-0.2, 0) is 6.54 Å². The van der Waals surface area contributed by atoms with Crippen LogP contribution in [0.4, 0.5) is 5.82 Å². The lowest BCUT2D eigenvalue weighted by Gasteiger charge is -2.35. The van der Waals surface area contributed by atoms with E-state index >= 15 is 0 Å². The molecular weight excluding hydrogens is 220 g/mol. The number of hydrogen-bond acceptors (Lipinski definition) is 5. The number of thioether (sulfide) groups is 1. The van der Waals surface area contributed by atoms with Gasteiger partial charge in [-0.3, -0.25) is 4.98 Å². The van der Waals surface area contributed by atoms with Gasteiger partial charge in [0.2, 0.25) is 0 Å². The summed E-state index contributed by atoms with van der Waals surface area (Å²) < 4.78 is 0. The fraction of sp³-hybridized carbons (Fsp3) is 0.636. The average molecular weight is 238 g/mol. The maximum atomic E-state index is 5.50. The molecule has 0 aliphatic carbocycles. The molecule has 0 bridgehead atoms. The molecule has 88 valence electrons. The van der Waals surface area contributed by atoms with Crippen LogP contribution in [0.3, 0.4) is 0 Å². The lowest BCUT2D eigenvalue weighted by Crippen LogP contribution is -2.40. The molecule has 1 aliphatic heterocycles. The Morgan fingerprint density at radius 3 is 2.50 bits per heavy atom. The van der Waals surface area contributed by atoms with Crippen LogP contribution < -0.4 is 10.6 Å². The Balaban J connectivity index is 2.10. The van der Waals surface area contributed by atoms with E-state index in [1.54, 1.807) is 6.20 Å². The fourth-order valence-electron chi connectivity index (χ4n) is 1.98. The van der Waals surface area contributed by atoms with Gasteiger partial charge in [0, 0.05) is 30.1 Å². The molecule has 0 amide bonds. The Morgan fingerprint density at radius 1 is 1.31 bits per heavy atom. The van der Waals surface area contributed by atoms with Gasteiger partial charge in [0.15, 0.2) is 0 Å². The first-order valence-corrected chi connectivity index (χ1v) is 6.54. The van der Waals surface area contributed by atoms with E-state index in [0.717, 1.165) is 24.6 Å². The predicted molar refractivity (Wildman–Crippen MR) is 68.7 cm³/mol. The van der Waals surface area contributed by atoms with Gasteiger partial charge in [0.1, 0.15) is 5.82 Å². The van der Waals surface area contributed by atoms with Crippen LogP contribution in [0.5, 0.6) is 0 Å². The van der Waals surface area contributed by atoms with Crippen molar-refractivity contribution >= 4 is 17.6 Å². The molecule has 0 saturated carbocycles. The lowest BCUT2D eigenvalue weighted by molar-refractivity contribution is 0.715. The van der Waals surface area contributed by atoms with Crippen LogP contribution in [0.15, 0.2) is 12.4 Å². The van der Waals surface area contributed by atoms with Gasteiger partial charge in [0.25, 0.3) is 0 Å². The summed E-state index contributed by atoms with van der Waals surface area (Å²) in [6, 6.07) is 0. The van der Waals surface area contributed by atoms with Crippen molar-refractivity contribution in [3.8, 4) is 0 Å². The summed E-state index contributed by atoms with van der Waals surface area (Å²) in [5, 5.41) is 1.31. The van der Waals surface area contributed by atoms with Crippen molar-refractivity contribution in [1.29, 1.82) is 0 Å². The van der Waals surface area contributed by atoms with E-state index in [-0.39, 0.29) is 0 Å². The van der Waals surface area contributed by atoms with Crippen LogP contribution in [0.2, 0.25) is 0 Å². The number of nitrogens with zero attached hydrogens (tertiary/aromatic N) is 3. The molecule has 1 aliphatic rings. The Labute approximate surface area is 101 Å². The maximum Gasteiger partial charge on any atom is 0.147 e. The second-order valence-corrected chi connectivity index (χ2v) is 6.11. The number of aromatic nitrogens is 2. The highest BCUT2D eigenvalue weighted by Crippen LogP contribution is 2.27. The zero-order valence-corrected chi connectivity index (χ0v) is 10.6. The second-order valence-electron chi connectivity index (χ2n) is 4.23. The first-order valence-electron chi connectivity index (χ1n) is 5.60. The van der Waals surface area contributed by atoms with Crippen LogP contribution in [0, 0.1) is 0 Å². The van der Waals surface area contributed by atoms with Crippen molar-refractivity contribution < 1.29 is 0 Å². The highest BCUT2D eigenvalue weighted by atomic mass is 32.2. The molecule has 2 atom stereocenters. The molecule has 0 spiro atoms. The van der Waals surface area contributed by atoms with E-state index in [0.29, 0.717) is 17.0 Å². The monoisotopic (exact) mass is 238 g/mol. The van der Waals surface area contributed by atoms with Gasteiger partial charge >= 0.3 is 0 Å². The van der Waals surface area contributed by atoms with Crippen molar-refractivity contribution in [2.24, 2.45) is 5.73 Å². The largest absolute Gasteiger partial charge is 0.353 e. The summed E-state index contributed by atoms with van der Waals surface area (Å²) in [6.45, 7) is 7.07. The van der Waals surface area contributed by atoms with Crippen molar-refractivity contribution in [2.45, 2.75) is 30.9 Å². The van der Waals surface area contributed by atoms with Crippen LogP contribution >= 0.6 is 11.8 Å². The Morgan fingerprint density at radius 2 is 2.00 bits per heavy atom. The summed E-state index contributed by atoms with van der Waals surface area (Å²) in [7, 11) is 0. The molecule has 2 heterocycles. The third-order valence-electron chi connectivity index (χ3n) is 2.64. The Hall–Kier alpha value is -0.810. The van der Waals surface area contributed by atoms with Gasteiger partial charge in [-0.1, -0.05) is 13.8 Å². The summed E-state index contributed by atoms with van der Waals surface area (Å²) in [4.78, 5) is 11.0. The smallest absolute Gasteiger partial charge is 0.147 e. The first-order chi connectivity index (χ1) is 7.69. The summed E-state index contributed by atoms with van der Waals surface area (Å²) >= 11 is 2.04. The molecule has 2 rings (SSSR count). The van der Waals surface area contributed by atoms with Crippen molar-refractivity contribution in [3.63, 3.8) is 0 Å². The molecule has 0 radical (unpaired) electrons. The van der Waals surface area contributed by atoms with Crippen molar-refractivity contribution in [2.75, 3.05) is 18.0 Å². The second kappa shape index (κ2) is 5.01. The zero-order chi connectivity index (χ0) is 11.5. The standard InChI is InChI=1S/C11H18N4S/c1-8-6-15(7-9(2)16-8)11-5-13-10(3-12)4-14-11/h4-5,8-9H,3,6-7,12H2,1-2H3. The number of rotatable bonds is 2. The minimum Gasteiger partial charge on any atom is -0.353 e. The molecular formula is C11H18N4S. The minimum absolute atomic E-state index is 0.454. The van der Waals surface area contributed by atoms with Gasteiger partial charge in [0.05, 0.1) is 18.1 Å². The first kappa shape index (κ1) is 11.7. The summed E-state index contributed by atoms with van der Waals surface area (Å²) in [6.07, 6.45) is 3.60. The quantitative estimate of drug-likeness (QED) is 0.841. The Bertz CT molecular complexity index is 330. The molecule has 2 N–H and O–H groups in total. The van der Waals surface area contributed by atoms with Crippen molar-refractivity contribution in [3.05, 3.63) is 18.1 Å². The molecule has 1 saturated heterocycles. The number of hydrogen-bond donors (Lipinski definition) is 1. The van der Waals surface area contributed by atoms with Gasteiger partial charge in [-0.2, -0.15) is 11.8 Å². The van der Waals surface area contributed by atoms with E-state index in [1.165, 1.54) is 0 Å². The fourth-order valence-corrected chi connectivity index (χ4v) is 3.31. The van der Waals surface area contributed by atoms with E-state index in [2.05, 4.69) is 28.7 Å². The summed E-state index contributed by atoms with van der Waals surface area (Å²) in [5.41, 5.74) is 6.35. The topological polar surface area (TPSA) is 55.0 Å². The average Bonchev–Trinajstić information content (AvgIpc) is 2.28. The number of anilines is 1. The van der Waals surface area contributed by atoms with Gasteiger partial charge in [-0.05, 0) is 0 Å². The molecule has 4 nitrogen and oxygen atoms in total. The minimum atomic E-state index is 0.454. The highest BCUT2D eigenvalue weighted by Gasteiger charge is 2.23. The zero-order valence-electron chi connectivity index (χ0n) is 9.76. The molecule has 16 heavy (non-hydrogen) atoms. The van der Waals surface area contributed by atoms with Gasteiger partial charge in [-0.15, -0.1) is 0 Å².